The van der Waals surface area contributed by atoms with Crippen molar-refractivity contribution in [2.45, 2.75) is 39.5 Å². The van der Waals surface area contributed by atoms with Crippen molar-refractivity contribution >= 4 is 5.91 Å². The first-order chi connectivity index (χ1) is 7.65. The van der Waals surface area contributed by atoms with Crippen molar-refractivity contribution in [3.8, 4) is 0 Å². The molecule has 0 aromatic carbocycles. The van der Waals surface area contributed by atoms with E-state index in [4.69, 9.17) is 0 Å². The number of hydrogen-bond donors (Lipinski definition) is 0. The standard InChI is InChI=1S/C14H21NO/c1-4-13(10-9-12(2)3)15-11-7-5-6-8-14(15)16/h4,9-10H,2,5-8,11H2,1,3H3/b10-9-,13-4+. The van der Waals surface area contributed by atoms with E-state index in [1.54, 1.807) is 0 Å². The largest absolute Gasteiger partial charge is 0.313 e. The van der Waals surface area contributed by atoms with Gasteiger partial charge in [-0.15, -0.1) is 0 Å². The van der Waals surface area contributed by atoms with E-state index in [0.717, 1.165) is 37.1 Å². The molecule has 1 heterocycles. The molecular formula is C14H21NO. The second-order valence-electron chi connectivity index (χ2n) is 4.25. The maximum Gasteiger partial charge on any atom is 0.226 e. The normalized spacial score (nSPS) is 19.0. The molecule has 0 unspecified atom stereocenters. The molecule has 0 N–H and O–H groups in total. The minimum Gasteiger partial charge on any atom is -0.313 e. The Kier molecular flexibility index (Phi) is 5.03. The van der Waals surface area contributed by atoms with E-state index < -0.39 is 0 Å². The second-order valence-corrected chi connectivity index (χ2v) is 4.25. The van der Waals surface area contributed by atoms with Crippen molar-refractivity contribution in [2.24, 2.45) is 0 Å². The van der Waals surface area contributed by atoms with Crippen LogP contribution in [0.3, 0.4) is 0 Å². The molecule has 2 nitrogen and oxygen atoms in total. The fraction of sp³-hybridized carbons (Fsp3) is 0.500. The summed E-state index contributed by atoms with van der Waals surface area (Å²) in [6.07, 6.45) is 9.88. The molecule has 88 valence electrons. The summed E-state index contributed by atoms with van der Waals surface area (Å²) in [5, 5.41) is 0. The van der Waals surface area contributed by atoms with Crippen LogP contribution in [-0.2, 0) is 4.79 Å². The fourth-order valence-corrected chi connectivity index (χ4v) is 1.83. The van der Waals surface area contributed by atoms with Gasteiger partial charge in [-0.2, -0.15) is 0 Å². The van der Waals surface area contributed by atoms with E-state index in [1.807, 2.05) is 37.0 Å². The number of allylic oxidation sites excluding steroid dienone is 4. The Morgan fingerprint density at radius 2 is 2.06 bits per heavy atom. The number of rotatable bonds is 3. The lowest BCUT2D eigenvalue weighted by atomic mass is 10.2. The Morgan fingerprint density at radius 1 is 1.31 bits per heavy atom. The molecule has 0 radical (unpaired) electrons. The average Bonchev–Trinajstić information content (AvgIpc) is 2.45. The number of amides is 1. The van der Waals surface area contributed by atoms with Crippen LogP contribution in [-0.4, -0.2) is 17.4 Å². The van der Waals surface area contributed by atoms with E-state index in [0.29, 0.717) is 6.42 Å². The van der Waals surface area contributed by atoms with Gasteiger partial charge in [0.1, 0.15) is 0 Å². The molecule has 1 rings (SSSR count). The van der Waals surface area contributed by atoms with Crippen LogP contribution in [0.25, 0.3) is 0 Å². The van der Waals surface area contributed by atoms with Gasteiger partial charge in [0, 0.05) is 18.7 Å². The second kappa shape index (κ2) is 6.31. The van der Waals surface area contributed by atoms with Crippen LogP contribution in [0.4, 0.5) is 0 Å². The third kappa shape index (κ3) is 3.69. The molecular weight excluding hydrogens is 198 g/mol. The molecule has 0 aliphatic carbocycles. The van der Waals surface area contributed by atoms with Gasteiger partial charge in [-0.1, -0.05) is 30.7 Å². The summed E-state index contributed by atoms with van der Waals surface area (Å²) in [5.41, 5.74) is 2.00. The van der Waals surface area contributed by atoms with Gasteiger partial charge in [0.2, 0.25) is 5.91 Å². The molecule has 1 aliphatic heterocycles. The summed E-state index contributed by atoms with van der Waals surface area (Å²) >= 11 is 0. The van der Waals surface area contributed by atoms with Crippen LogP contribution in [0.5, 0.6) is 0 Å². The highest BCUT2D eigenvalue weighted by Gasteiger charge is 2.17. The lowest BCUT2D eigenvalue weighted by molar-refractivity contribution is -0.128. The van der Waals surface area contributed by atoms with Gasteiger partial charge in [0.25, 0.3) is 0 Å². The number of hydrogen-bond acceptors (Lipinski definition) is 1. The van der Waals surface area contributed by atoms with Gasteiger partial charge in [0.05, 0.1) is 0 Å². The molecule has 1 saturated heterocycles. The molecule has 0 aromatic rings. The van der Waals surface area contributed by atoms with Crippen LogP contribution in [0.2, 0.25) is 0 Å². The Balaban J connectivity index is 2.78. The highest BCUT2D eigenvalue weighted by atomic mass is 16.2. The predicted molar refractivity (Wildman–Crippen MR) is 67.9 cm³/mol. The SMILES string of the molecule is C=C(C)/C=C\C(=C/C)N1CCCCCC1=O. The first kappa shape index (κ1) is 12.8. The summed E-state index contributed by atoms with van der Waals surface area (Å²) in [6.45, 7) is 8.59. The lowest BCUT2D eigenvalue weighted by Gasteiger charge is -2.21. The summed E-state index contributed by atoms with van der Waals surface area (Å²) in [4.78, 5) is 13.8. The van der Waals surface area contributed by atoms with Gasteiger partial charge in [-0.3, -0.25) is 4.79 Å². The molecule has 0 saturated carbocycles. The van der Waals surface area contributed by atoms with Crippen molar-refractivity contribution in [3.63, 3.8) is 0 Å². The lowest BCUT2D eigenvalue weighted by Crippen LogP contribution is -2.28. The van der Waals surface area contributed by atoms with Gasteiger partial charge in [-0.05, 0) is 32.8 Å². The van der Waals surface area contributed by atoms with Gasteiger partial charge in [-0.25, -0.2) is 0 Å². The number of carbonyl (C=O) groups excluding carboxylic acids is 1. The quantitative estimate of drug-likeness (QED) is 0.666. The average molecular weight is 219 g/mol. The fourth-order valence-electron chi connectivity index (χ4n) is 1.83. The maximum absolute atomic E-state index is 11.9. The first-order valence-electron chi connectivity index (χ1n) is 5.95. The Labute approximate surface area is 98.3 Å². The van der Waals surface area contributed by atoms with Crippen LogP contribution < -0.4 is 0 Å². The Hall–Kier alpha value is -1.31. The molecule has 1 aliphatic rings. The first-order valence-corrected chi connectivity index (χ1v) is 5.95. The monoisotopic (exact) mass is 219 g/mol. The maximum atomic E-state index is 11.9. The third-order valence-corrected chi connectivity index (χ3v) is 2.72. The van der Waals surface area contributed by atoms with Gasteiger partial charge >= 0.3 is 0 Å². The molecule has 1 amide bonds. The van der Waals surface area contributed by atoms with Crippen LogP contribution >= 0.6 is 0 Å². The predicted octanol–water partition coefficient (Wildman–Crippen LogP) is 3.43. The van der Waals surface area contributed by atoms with Crippen LogP contribution in [0.1, 0.15) is 39.5 Å². The summed E-state index contributed by atoms with van der Waals surface area (Å²) in [7, 11) is 0. The van der Waals surface area contributed by atoms with Crippen molar-refractivity contribution in [3.05, 3.63) is 36.1 Å². The zero-order chi connectivity index (χ0) is 12.0. The molecule has 2 heteroatoms. The van der Waals surface area contributed by atoms with Crippen LogP contribution in [0.15, 0.2) is 36.1 Å². The topological polar surface area (TPSA) is 20.3 Å². The van der Waals surface area contributed by atoms with E-state index in [2.05, 4.69) is 6.58 Å². The highest BCUT2D eigenvalue weighted by Crippen LogP contribution is 2.17. The molecule has 0 atom stereocenters. The van der Waals surface area contributed by atoms with Crippen molar-refractivity contribution in [1.82, 2.24) is 4.90 Å². The summed E-state index contributed by atoms with van der Waals surface area (Å²) < 4.78 is 0. The van der Waals surface area contributed by atoms with E-state index in [-0.39, 0.29) is 5.91 Å². The van der Waals surface area contributed by atoms with Gasteiger partial charge < -0.3 is 4.90 Å². The Bertz CT molecular complexity index is 326. The van der Waals surface area contributed by atoms with Crippen LogP contribution in [0, 0.1) is 0 Å². The minimum absolute atomic E-state index is 0.247. The number of carbonyl (C=O) groups is 1. The highest BCUT2D eigenvalue weighted by molar-refractivity contribution is 5.78. The smallest absolute Gasteiger partial charge is 0.226 e. The van der Waals surface area contributed by atoms with Crippen molar-refractivity contribution in [1.29, 1.82) is 0 Å². The minimum atomic E-state index is 0.247. The molecule has 0 bridgehead atoms. The molecule has 16 heavy (non-hydrogen) atoms. The van der Waals surface area contributed by atoms with E-state index >= 15 is 0 Å². The zero-order valence-corrected chi connectivity index (χ0v) is 10.3. The molecule has 0 spiro atoms. The summed E-state index contributed by atoms with van der Waals surface area (Å²) in [6, 6.07) is 0. The zero-order valence-electron chi connectivity index (χ0n) is 10.3. The Morgan fingerprint density at radius 3 is 2.69 bits per heavy atom. The number of likely N-dealkylation sites (tertiary alicyclic amines) is 1. The summed E-state index contributed by atoms with van der Waals surface area (Å²) in [5.74, 6) is 0.247. The van der Waals surface area contributed by atoms with Gasteiger partial charge in [0.15, 0.2) is 0 Å². The van der Waals surface area contributed by atoms with E-state index in [9.17, 15) is 4.79 Å². The molecule has 0 aromatic heterocycles. The van der Waals surface area contributed by atoms with Crippen molar-refractivity contribution in [2.75, 3.05) is 6.54 Å². The third-order valence-electron chi connectivity index (χ3n) is 2.72. The van der Waals surface area contributed by atoms with Crippen molar-refractivity contribution < 1.29 is 4.79 Å². The van der Waals surface area contributed by atoms with E-state index in [1.165, 1.54) is 0 Å². The number of nitrogens with zero attached hydrogens (tertiary/aromatic N) is 1. The molecule has 1 fully saturated rings.